The van der Waals surface area contributed by atoms with Crippen LogP contribution in [0.15, 0.2) is 34.5 Å². The molecule has 2 aliphatic heterocycles. The topological polar surface area (TPSA) is 71.1 Å². The first-order valence-electron chi connectivity index (χ1n) is 5.62. The predicted molar refractivity (Wildman–Crippen MR) is 62.1 cm³/mol. The van der Waals surface area contributed by atoms with Crippen LogP contribution in [0.2, 0.25) is 0 Å². The number of non-ortho nitro benzene ring substituents is 1. The number of hydrogen-bond acceptors (Lipinski definition) is 5. The highest BCUT2D eigenvalue weighted by Gasteiger charge is 2.42. The first kappa shape index (κ1) is 10.2. The molecule has 6 heteroatoms. The van der Waals surface area contributed by atoms with E-state index in [9.17, 15) is 10.1 Å². The molecule has 88 valence electrons. The first-order chi connectivity index (χ1) is 8.19. The van der Waals surface area contributed by atoms with Gasteiger partial charge in [0, 0.05) is 43.8 Å². The Labute approximate surface area is 98.1 Å². The normalized spacial score (nSPS) is 20.6. The standard InChI is InChI=1S/C11H12N4O2/c16-15(17)10-3-1-9(2-4-10)14-7-5-11(6-8-14)12-13-11/h1-4H,5-8H2. The van der Waals surface area contributed by atoms with Gasteiger partial charge in [-0.1, -0.05) is 0 Å². The van der Waals surface area contributed by atoms with Crippen molar-refractivity contribution in [3.8, 4) is 0 Å². The summed E-state index contributed by atoms with van der Waals surface area (Å²) in [6.07, 6.45) is 1.90. The van der Waals surface area contributed by atoms with E-state index in [1.807, 2.05) is 0 Å². The number of nitrogens with zero attached hydrogens (tertiary/aromatic N) is 4. The van der Waals surface area contributed by atoms with E-state index in [0.717, 1.165) is 31.6 Å². The largest absolute Gasteiger partial charge is 0.371 e. The van der Waals surface area contributed by atoms with Gasteiger partial charge in [0.15, 0.2) is 5.66 Å². The minimum absolute atomic E-state index is 0.0721. The lowest BCUT2D eigenvalue weighted by atomic mass is 10.0. The minimum atomic E-state index is -0.378. The summed E-state index contributed by atoms with van der Waals surface area (Å²) in [5.74, 6) is 0. The Morgan fingerprint density at radius 3 is 2.24 bits per heavy atom. The van der Waals surface area contributed by atoms with Gasteiger partial charge in [0.25, 0.3) is 5.69 Å². The Kier molecular flexibility index (Phi) is 2.10. The Balaban J connectivity index is 1.70. The van der Waals surface area contributed by atoms with Crippen LogP contribution in [-0.4, -0.2) is 23.7 Å². The third-order valence-electron chi connectivity index (χ3n) is 3.37. The van der Waals surface area contributed by atoms with Gasteiger partial charge in [-0.2, -0.15) is 10.2 Å². The molecule has 1 spiro atoms. The summed E-state index contributed by atoms with van der Waals surface area (Å²) in [5.41, 5.74) is 1.10. The Hall–Kier alpha value is -1.98. The lowest BCUT2D eigenvalue weighted by molar-refractivity contribution is -0.384. The van der Waals surface area contributed by atoms with Crippen LogP contribution < -0.4 is 4.90 Å². The van der Waals surface area contributed by atoms with Crippen LogP contribution in [0, 0.1) is 10.1 Å². The van der Waals surface area contributed by atoms with Crippen molar-refractivity contribution in [3.05, 3.63) is 34.4 Å². The van der Waals surface area contributed by atoms with E-state index in [1.54, 1.807) is 24.3 Å². The summed E-state index contributed by atoms with van der Waals surface area (Å²) in [4.78, 5) is 12.4. The maximum atomic E-state index is 10.5. The van der Waals surface area contributed by atoms with Gasteiger partial charge in [-0.25, -0.2) is 0 Å². The third kappa shape index (κ3) is 1.86. The number of piperidine rings is 1. The number of anilines is 1. The van der Waals surface area contributed by atoms with Gasteiger partial charge in [-0.15, -0.1) is 0 Å². The summed E-state index contributed by atoms with van der Waals surface area (Å²) >= 11 is 0. The second-order valence-electron chi connectivity index (χ2n) is 4.44. The molecular weight excluding hydrogens is 220 g/mol. The van der Waals surface area contributed by atoms with Crippen LogP contribution >= 0.6 is 0 Å². The Bertz CT molecular complexity index is 467. The minimum Gasteiger partial charge on any atom is -0.371 e. The molecule has 0 N–H and O–H groups in total. The van der Waals surface area contributed by atoms with Gasteiger partial charge in [0.2, 0.25) is 0 Å². The number of nitro groups is 1. The molecule has 3 rings (SSSR count). The van der Waals surface area contributed by atoms with E-state index >= 15 is 0 Å². The zero-order chi connectivity index (χ0) is 11.9. The molecule has 0 amide bonds. The molecule has 1 aromatic rings. The van der Waals surface area contributed by atoms with E-state index < -0.39 is 0 Å². The van der Waals surface area contributed by atoms with Gasteiger partial charge in [0.1, 0.15) is 0 Å². The second-order valence-corrected chi connectivity index (χ2v) is 4.44. The lowest BCUT2D eigenvalue weighted by Crippen LogP contribution is -2.37. The van der Waals surface area contributed by atoms with Gasteiger partial charge in [0.05, 0.1) is 4.92 Å². The van der Waals surface area contributed by atoms with E-state index in [2.05, 4.69) is 15.1 Å². The highest BCUT2D eigenvalue weighted by Crippen LogP contribution is 2.39. The van der Waals surface area contributed by atoms with Crippen molar-refractivity contribution in [1.29, 1.82) is 0 Å². The molecule has 2 heterocycles. The van der Waals surface area contributed by atoms with Crippen LogP contribution in [0.3, 0.4) is 0 Å². The molecule has 0 unspecified atom stereocenters. The summed E-state index contributed by atoms with van der Waals surface area (Å²) in [7, 11) is 0. The molecule has 0 bridgehead atoms. The molecule has 0 radical (unpaired) electrons. The zero-order valence-electron chi connectivity index (χ0n) is 9.24. The van der Waals surface area contributed by atoms with E-state index in [4.69, 9.17) is 0 Å². The fourth-order valence-corrected chi connectivity index (χ4v) is 2.18. The van der Waals surface area contributed by atoms with Crippen molar-refractivity contribution in [3.63, 3.8) is 0 Å². The highest BCUT2D eigenvalue weighted by atomic mass is 16.6. The smallest absolute Gasteiger partial charge is 0.269 e. The van der Waals surface area contributed by atoms with Crippen molar-refractivity contribution >= 4 is 11.4 Å². The third-order valence-corrected chi connectivity index (χ3v) is 3.37. The molecule has 17 heavy (non-hydrogen) atoms. The van der Waals surface area contributed by atoms with Crippen molar-refractivity contribution in [2.24, 2.45) is 10.2 Å². The fraction of sp³-hybridized carbons (Fsp3) is 0.455. The highest BCUT2D eigenvalue weighted by molar-refractivity contribution is 5.51. The number of hydrogen-bond donors (Lipinski definition) is 0. The molecule has 1 saturated heterocycles. The first-order valence-corrected chi connectivity index (χ1v) is 5.62. The van der Waals surface area contributed by atoms with Gasteiger partial charge in [-0.05, 0) is 12.1 Å². The molecular formula is C11H12N4O2. The van der Waals surface area contributed by atoms with Gasteiger partial charge >= 0.3 is 0 Å². The van der Waals surface area contributed by atoms with Crippen molar-refractivity contribution in [2.75, 3.05) is 18.0 Å². The molecule has 0 saturated carbocycles. The van der Waals surface area contributed by atoms with Crippen LogP contribution in [-0.2, 0) is 0 Å². The Morgan fingerprint density at radius 2 is 1.76 bits per heavy atom. The maximum Gasteiger partial charge on any atom is 0.269 e. The molecule has 0 aromatic heterocycles. The number of nitro benzene ring substituents is 1. The average Bonchev–Trinajstić information content (AvgIpc) is 3.10. The summed E-state index contributed by atoms with van der Waals surface area (Å²) < 4.78 is 0. The predicted octanol–water partition coefficient (Wildman–Crippen LogP) is 2.36. The van der Waals surface area contributed by atoms with Crippen LogP contribution in [0.25, 0.3) is 0 Å². The maximum absolute atomic E-state index is 10.5. The Morgan fingerprint density at radius 1 is 1.18 bits per heavy atom. The number of rotatable bonds is 2. The summed E-state index contributed by atoms with van der Waals surface area (Å²) in [5, 5.41) is 18.7. The average molecular weight is 232 g/mol. The second kappa shape index (κ2) is 3.51. The molecule has 1 fully saturated rings. The monoisotopic (exact) mass is 232 g/mol. The SMILES string of the molecule is O=[N+]([O-])c1ccc(N2CCC3(CC2)N=N3)cc1. The fourth-order valence-electron chi connectivity index (χ4n) is 2.18. The van der Waals surface area contributed by atoms with Crippen LogP contribution in [0.4, 0.5) is 11.4 Å². The van der Waals surface area contributed by atoms with E-state index in [-0.39, 0.29) is 16.3 Å². The molecule has 0 atom stereocenters. The van der Waals surface area contributed by atoms with E-state index in [0.29, 0.717) is 0 Å². The van der Waals surface area contributed by atoms with Crippen molar-refractivity contribution in [1.82, 2.24) is 0 Å². The van der Waals surface area contributed by atoms with Gasteiger partial charge < -0.3 is 4.90 Å². The summed E-state index contributed by atoms with van der Waals surface area (Å²) in [6, 6.07) is 6.70. The molecule has 1 aromatic carbocycles. The van der Waals surface area contributed by atoms with Crippen molar-refractivity contribution in [2.45, 2.75) is 18.5 Å². The molecule has 6 nitrogen and oxygen atoms in total. The number of benzene rings is 1. The summed E-state index contributed by atoms with van der Waals surface area (Å²) in [6.45, 7) is 1.82. The van der Waals surface area contributed by atoms with Crippen LogP contribution in [0.1, 0.15) is 12.8 Å². The van der Waals surface area contributed by atoms with Gasteiger partial charge in [-0.3, -0.25) is 10.1 Å². The zero-order valence-corrected chi connectivity index (χ0v) is 9.24. The quantitative estimate of drug-likeness (QED) is 0.580. The molecule has 2 aliphatic rings. The van der Waals surface area contributed by atoms with Crippen molar-refractivity contribution < 1.29 is 4.92 Å². The molecule has 0 aliphatic carbocycles. The lowest BCUT2D eigenvalue weighted by Gasteiger charge is -2.31. The van der Waals surface area contributed by atoms with Crippen LogP contribution in [0.5, 0.6) is 0 Å². The van der Waals surface area contributed by atoms with E-state index in [1.165, 1.54) is 0 Å².